The van der Waals surface area contributed by atoms with Gasteiger partial charge < -0.3 is 10.5 Å². The van der Waals surface area contributed by atoms with Crippen LogP contribution in [0, 0.1) is 11.8 Å². The van der Waals surface area contributed by atoms with Gasteiger partial charge in [-0.2, -0.15) is 8.78 Å². The molecule has 21 heavy (non-hydrogen) atoms. The molecule has 108 valence electrons. The highest BCUT2D eigenvalue weighted by Gasteiger charge is 2.32. The topological polar surface area (TPSA) is 35.2 Å². The molecular weight excluding hydrogens is 272 g/mol. The predicted molar refractivity (Wildman–Crippen MR) is 78.2 cm³/mol. The Kier molecular flexibility index (Phi) is 4.91. The van der Waals surface area contributed by atoms with Crippen molar-refractivity contribution >= 4 is 0 Å². The van der Waals surface area contributed by atoms with Gasteiger partial charge in [0.1, 0.15) is 5.75 Å². The number of benzene rings is 2. The molecule has 0 spiro atoms. The van der Waals surface area contributed by atoms with Crippen molar-refractivity contribution in [3.05, 3.63) is 65.7 Å². The van der Waals surface area contributed by atoms with E-state index in [-0.39, 0.29) is 12.1 Å². The summed E-state index contributed by atoms with van der Waals surface area (Å²) >= 11 is 0. The SMILES string of the molecule is NCC#Cc1cccc(OCC(F)(F)c2ccccc2)c1. The highest BCUT2D eigenvalue weighted by Crippen LogP contribution is 2.28. The minimum atomic E-state index is -3.04. The van der Waals surface area contributed by atoms with Crippen LogP contribution >= 0.6 is 0 Å². The molecule has 2 nitrogen and oxygen atoms in total. The fraction of sp³-hybridized carbons (Fsp3) is 0.176. The summed E-state index contributed by atoms with van der Waals surface area (Å²) in [5.74, 6) is 2.85. The zero-order chi connectivity index (χ0) is 15.1. The van der Waals surface area contributed by atoms with Crippen molar-refractivity contribution in [1.82, 2.24) is 0 Å². The maximum absolute atomic E-state index is 14.0. The van der Waals surface area contributed by atoms with Crippen LogP contribution in [0.3, 0.4) is 0 Å². The van der Waals surface area contributed by atoms with E-state index in [1.54, 1.807) is 42.5 Å². The van der Waals surface area contributed by atoms with Crippen LogP contribution in [0.15, 0.2) is 54.6 Å². The van der Waals surface area contributed by atoms with Gasteiger partial charge >= 0.3 is 5.92 Å². The van der Waals surface area contributed by atoms with Crippen LogP contribution < -0.4 is 10.5 Å². The van der Waals surface area contributed by atoms with Crippen LogP contribution in [0.1, 0.15) is 11.1 Å². The summed E-state index contributed by atoms with van der Waals surface area (Å²) < 4.78 is 33.1. The van der Waals surface area contributed by atoms with Crippen molar-refractivity contribution in [1.29, 1.82) is 0 Å². The average molecular weight is 287 g/mol. The van der Waals surface area contributed by atoms with Gasteiger partial charge in [0, 0.05) is 11.1 Å². The number of hydrogen-bond acceptors (Lipinski definition) is 2. The highest BCUT2D eigenvalue weighted by atomic mass is 19.3. The van der Waals surface area contributed by atoms with E-state index < -0.39 is 12.5 Å². The third kappa shape index (κ3) is 4.30. The van der Waals surface area contributed by atoms with E-state index in [2.05, 4.69) is 11.8 Å². The van der Waals surface area contributed by atoms with E-state index in [0.29, 0.717) is 11.3 Å². The van der Waals surface area contributed by atoms with E-state index >= 15 is 0 Å². The normalized spacial score (nSPS) is 10.6. The van der Waals surface area contributed by atoms with E-state index in [0.717, 1.165) is 0 Å². The second kappa shape index (κ2) is 6.87. The lowest BCUT2D eigenvalue weighted by molar-refractivity contribution is -0.0467. The van der Waals surface area contributed by atoms with E-state index in [1.807, 2.05) is 0 Å². The van der Waals surface area contributed by atoms with Gasteiger partial charge in [-0.1, -0.05) is 48.2 Å². The molecule has 0 saturated carbocycles. The molecule has 2 aromatic carbocycles. The molecule has 0 aromatic heterocycles. The number of ether oxygens (including phenoxy) is 1. The summed E-state index contributed by atoms with van der Waals surface area (Å²) in [5, 5.41) is 0. The third-order valence-corrected chi connectivity index (χ3v) is 2.79. The molecule has 0 bridgehead atoms. The number of rotatable bonds is 4. The van der Waals surface area contributed by atoms with Crippen molar-refractivity contribution < 1.29 is 13.5 Å². The number of halogens is 2. The Balaban J connectivity index is 2.06. The minimum absolute atomic E-state index is 0.0657. The molecule has 0 heterocycles. The lowest BCUT2D eigenvalue weighted by Crippen LogP contribution is -2.23. The minimum Gasteiger partial charge on any atom is -0.487 e. The van der Waals surface area contributed by atoms with Gasteiger partial charge in [-0.25, -0.2) is 0 Å². The summed E-state index contributed by atoms with van der Waals surface area (Å²) in [4.78, 5) is 0. The average Bonchev–Trinajstić information content (AvgIpc) is 2.52. The van der Waals surface area contributed by atoms with Crippen LogP contribution in [0.25, 0.3) is 0 Å². The van der Waals surface area contributed by atoms with Crippen molar-refractivity contribution in [2.75, 3.05) is 13.2 Å². The predicted octanol–water partition coefficient (Wildman–Crippen LogP) is 3.17. The van der Waals surface area contributed by atoms with Crippen molar-refractivity contribution in [2.24, 2.45) is 5.73 Å². The summed E-state index contributed by atoms with van der Waals surface area (Å²) in [7, 11) is 0. The van der Waals surface area contributed by atoms with Gasteiger partial charge in [-0.15, -0.1) is 0 Å². The second-order valence-corrected chi connectivity index (χ2v) is 4.39. The van der Waals surface area contributed by atoms with E-state index in [4.69, 9.17) is 10.5 Å². The maximum atomic E-state index is 14.0. The Labute approximate surface area is 122 Å². The van der Waals surface area contributed by atoms with E-state index in [9.17, 15) is 8.78 Å². The number of hydrogen-bond donors (Lipinski definition) is 1. The van der Waals surface area contributed by atoms with Gasteiger partial charge in [-0.3, -0.25) is 0 Å². The fourth-order valence-electron chi connectivity index (χ4n) is 1.76. The Morgan fingerprint density at radius 1 is 1.05 bits per heavy atom. The maximum Gasteiger partial charge on any atom is 0.306 e. The quantitative estimate of drug-likeness (QED) is 0.877. The molecule has 0 aliphatic rings. The molecule has 4 heteroatoms. The largest absolute Gasteiger partial charge is 0.487 e. The molecule has 0 saturated heterocycles. The van der Waals surface area contributed by atoms with Gasteiger partial charge in [-0.05, 0) is 18.2 Å². The molecule has 2 rings (SSSR count). The molecule has 2 N–H and O–H groups in total. The fourth-order valence-corrected chi connectivity index (χ4v) is 1.76. The Morgan fingerprint density at radius 2 is 1.81 bits per heavy atom. The van der Waals surface area contributed by atoms with Crippen molar-refractivity contribution in [2.45, 2.75) is 5.92 Å². The van der Waals surface area contributed by atoms with Crippen LogP contribution in [-0.4, -0.2) is 13.2 Å². The van der Waals surface area contributed by atoms with Gasteiger partial charge in [0.25, 0.3) is 0 Å². The lowest BCUT2D eigenvalue weighted by atomic mass is 10.1. The lowest BCUT2D eigenvalue weighted by Gasteiger charge is -2.17. The van der Waals surface area contributed by atoms with Crippen LogP contribution in [-0.2, 0) is 5.92 Å². The first-order chi connectivity index (χ1) is 10.1. The molecule has 0 amide bonds. The summed E-state index contributed by atoms with van der Waals surface area (Å²) in [5.41, 5.74) is 5.91. The van der Waals surface area contributed by atoms with Crippen LogP contribution in [0.2, 0.25) is 0 Å². The Bertz CT molecular complexity index is 645. The van der Waals surface area contributed by atoms with E-state index in [1.165, 1.54) is 12.1 Å². The van der Waals surface area contributed by atoms with Crippen LogP contribution in [0.5, 0.6) is 5.75 Å². The smallest absolute Gasteiger partial charge is 0.306 e. The molecular formula is C17H15F2NO. The monoisotopic (exact) mass is 287 g/mol. The second-order valence-electron chi connectivity index (χ2n) is 4.39. The van der Waals surface area contributed by atoms with Crippen LogP contribution in [0.4, 0.5) is 8.78 Å². The molecule has 0 atom stereocenters. The first-order valence-electron chi connectivity index (χ1n) is 6.47. The standard InChI is InChI=1S/C17H15F2NO/c18-17(19,15-8-2-1-3-9-15)13-21-16-10-4-6-14(12-16)7-5-11-20/h1-4,6,8-10,12H,11,13,20H2. The zero-order valence-corrected chi connectivity index (χ0v) is 11.4. The van der Waals surface area contributed by atoms with Gasteiger partial charge in [0.2, 0.25) is 0 Å². The molecule has 2 aromatic rings. The summed E-state index contributed by atoms with van der Waals surface area (Å²) in [6.07, 6.45) is 0. The van der Waals surface area contributed by atoms with Gasteiger partial charge in [0.15, 0.2) is 6.61 Å². The summed E-state index contributed by atoms with van der Waals surface area (Å²) in [6.45, 7) is -0.470. The molecule has 0 fully saturated rings. The summed E-state index contributed by atoms with van der Waals surface area (Å²) in [6, 6.07) is 14.3. The molecule has 0 aliphatic heterocycles. The third-order valence-electron chi connectivity index (χ3n) is 2.79. The van der Waals surface area contributed by atoms with Crippen molar-refractivity contribution in [3.63, 3.8) is 0 Å². The number of alkyl halides is 2. The Morgan fingerprint density at radius 3 is 2.52 bits per heavy atom. The first-order valence-corrected chi connectivity index (χ1v) is 6.47. The molecule has 0 aliphatic carbocycles. The first kappa shape index (κ1) is 15.0. The molecule has 0 radical (unpaired) electrons. The number of nitrogens with two attached hydrogens (primary N) is 1. The van der Waals surface area contributed by atoms with Crippen molar-refractivity contribution in [3.8, 4) is 17.6 Å². The highest BCUT2D eigenvalue weighted by molar-refractivity contribution is 5.40. The Hall–Kier alpha value is -2.38. The molecule has 0 unspecified atom stereocenters. The zero-order valence-electron chi connectivity index (χ0n) is 11.4. The van der Waals surface area contributed by atoms with Gasteiger partial charge in [0.05, 0.1) is 6.54 Å².